The SMILES string of the molecule is COC(=O)CC(NC(=O)COCc1ccccc1Cl)c1cccc(Br)c1. The summed E-state index contributed by atoms with van der Waals surface area (Å²) >= 11 is 9.44. The zero-order valence-electron chi connectivity index (χ0n) is 14.2. The highest BCUT2D eigenvalue weighted by atomic mass is 79.9. The van der Waals surface area contributed by atoms with Crippen LogP contribution in [0.4, 0.5) is 0 Å². The number of benzene rings is 2. The van der Waals surface area contributed by atoms with Crippen LogP contribution < -0.4 is 5.32 Å². The zero-order valence-corrected chi connectivity index (χ0v) is 16.5. The molecule has 0 saturated carbocycles. The molecule has 138 valence electrons. The first-order valence-corrected chi connectivity index (χ1v) is 9.09. The molecule has 0 radical (unpaired) electrons. The predicted molar refractivity (Wildman–Crippen MR) is 103 cm³/mol. The number of hydrogen-bond donors (Lipinski definition) is 1. The van der Waals surface area contributed by atoms with Crippen LogP contribution in [-0.2, 0) is 25.7 Å². The zero-order chi connectivity index (χ0) is 18.9. The van der Waals surface area contributed by atoms with Crippen molar-refractivity contribution in [3.05, 3.63) is 69.2 Å². The number of carbonyl (C=O) groups excluding carboxylic acids is 2. The smallest absolute Gasteiger partial charge is 0.307 e. The van der Waals surface area contributed by atoms with Crippen LogP contribution in [0.5, 0.6) is 0 Å². The van der Waals surface area contributed by atoms with Gasteiger partial charge in [0.05, 0.1) is 26.2 Å². The van der Waals surface area contributed by atoms with E-state index in [1.54, 1.807) is 6.07 Å². The summed E-state index contributed by atoms with van der Waals surface area (Å²) in [5, 5.41) is 3.40. The molecule has 26 heavy (non-hydrogen) atoms. The van der Waals surface area contributed by atoms with E-state index in [9.17, 15) is 9.59 Å². The number of nitrogens with one attached hydrogen (secondary N) is 1. The maximum absolute atomic E-state index is 12.2. The molecule has 1 amide bonds. The highest BCUT2D eigenvalue weighted by Crippen LogP contribution is 2.21. The van der Waals surface area contributed by atoms with Crippen molar-refractivity contribution in [1.29, 1.82) is 0 Å². The number of methoxy groups -OCH3 is 1. The second-order valence-electron chi connectivity index (χ2n) is 5.54. The van der Waals surface area contributed by atoms with Gasteiger partial charge in [0.15, 0.2) is 0 Å². The number of rotatable bonds is 8. The van der Waals surface area contributed by atoms with Crippen LogP contribution in [0.25, 0.3) is 0 Å². The second kappa shape index (κ2) is 10.3. The first kappa shape index (κ1) is 20.4. The fourth-order valence-electron chi connectivity index (χ4n) is 2.33. The molecule has 0 aliphatic carbocycles. The maximum Gasteiger partial charge on any atom is 0.307 e. The summed E-state index contributed by atoms with van der Waals surface area (Å²) < 4.78 is 11.0. The molecule has 0 spiro atoms. The molecule has 5 nitrogen and oxygen atoms in total. The van der Waals surface area contributed by atoms with Gasteiger partial charge in [-0.1, -0.05) is 57.9 Å². The minimum absolute atomic E-state index is 0.0310. The molecular weight excluding hydrogens is 422 g/mol. The Morgan fingerprint density at radius 1 is 1.19 bits per heavy atom. The van der Waals surface area contributed by atoms with Crippen molar-refractivity contribution in [1.82, 2.24) is 5.32 Å². The molecular formula is C19H19BrClNO4. The standard InChI is InChI=1S/C19H19BrClNO4/c1-25-19(24)10-17(13-6-4-7-15(20)9-13)22-18(23)12-26-11-14-5-2-3-8-16(14)21/h2-9,17H,10-12H2,1H3,(H,22,23). The van der Waals surface area contributed by atoms with E-state index in [-0.39, 0.29) is 25.5 Å². The number of hydrogen-bond acceptors (Lipinski definition) is 4. The Morgan fingerprint density at radius 3 is 2.65 bits per heavy atom. The fourth-order valence-corrected chi connectivity index (χ4v) is 2.94. The Morgan fingerprint density at radius 2 is 1.96 bits per heavy atom. The van der Waals surface area contributed by atoms with Crippen molar-refractivity contribution in [2.45, 2.75) is 19.1 Å². The third-order valence-corrected chi connectivity index (χ3v) is 4.50. The largest absolute Gasteiger partial charge is 0.469 e. The van der Waals surface area contributed by atoms with Crippen LogP contribution in [0.15, 0.2) is 53.0 Å². The van der Waals surface area contributed by atoms with E-state index in [0.29, 0.717) is 5.02 Å². The van der Waals surface area contributed by atoms with Crippen LogP contribution in [0, 0.1) is 0 Å². The number of halogens is 2. The second-order valence-corrected chi connectivity index (χ2v) is 6.86. The van der Waals surface area contributed by atoms with E-state index in [4.69, 9.17) is 21.1 Å². The number of esters is 1. The first-order chi connectivity index (χ1) is 12.5. The Hall–Kier alpha value is -1.89. The van der Waals surface area contributed by atoms with Gasteiger partial charge < -0.3 is 14.8 Å². The molecule has 0 heterocycles. The average Bonchev–Trinajstić information content (AvgIpc) is 2.62. The van der Waals surface area contributed by atoms with Gasteiger partial charge in [0, 0.05) is 9.50 Å². The maximum atomic E-state index is 12.2. The minimum Gasteiger partial charge on any atom is -0.469 e. The minimum atomic E-state index is -0.503. The van der Waals surface area contributed by atoms with Gasteiger partial charge in [0.25, 0.3) is 0 Å². The Balaban J connectivity index is 1.95. The van der Waals surface area contributed by atoms with Crippen molar-refractivity contribution in [2.75, 3.05) is 13.7 Å². The summed E-state index contributed by atoms with van der Waals surface area (Å²) in [4.78, 5) is 23.9. The van der Waals surface area contributed by atoms with Gasteiger partial charge >= 0.3 is 5.97 Å². The average molecular weight is 441 g/mol. The summed E-state index contributed by atoms with van der Waals surface area (Å²) in [5.74, 6) is -0.738. The summed E-state index contributed by atoms with van der Waals surface area (Å²) in [5.41, 5.74) is 1.60. The number of ether oxygens (including phenoxy) is 2. The molecule has 2 rings (SSSR count). The quantitative estimate of drug-likeness (QED) is 0.629. The molecule has 0 bridgehead atoms. The fraction of sp³-hybridized carbons (Fsp3) is 0.263. The summed E-state index contributed by atoms with van der Waals surface area (Å²) in [6, 6.07) is 14.2. The van der Waals surface area contributed by atoms with Crippen LogP contribution in [0.1, 0.15) is 23.6 Å². The highest BCUT2D eigenvalue weighted by molar-refractivity contribution is 9.10. The van der Waals surface area contributed by atoms with Gasteiger partial charge in [0.2, 0.25) is 5.91 Å². The van der Waals surface area contributed by atoms with Crippen molar-refractivity contribution in [2.24, 2.45) is 0 Å². The van der Waals surface area contributed by atoms with Crippen LogP contribution in [0.3, 0.4) is 0 Å². The summed E-state index contributed by atoms with van der Waals surface area (Å²) in [6.45, 7) is 0.0859. The Bertz CT molecular complexity index is 769. The van der Waals surface area contributed by atoms with Crippen molar-refractivity contribution < 1.29 is 19.1 Å². The van der Waals surface area contributed by atoms with Crippen LogP contribution in [-0.4, -0.2) is 25.6 Å². The van der Waals surface area contributed by atoms with Gasteiger partial charge in [-0.2, -0.15) is 0 Å². The van der Waals surface area contributed by atoms with Crippen molar-refractivity contribution in [3.63, 3.8) is 0 Å². The van der Waals surface area contributed by atoms with Gasteiger partial charge in [0.1, 0.15) is 6.61 Å². The van der Waals surface area contributed by atoms with Gasteiger partial charge in [-0.25, -0.2) is 0 Å². The van der Waals surface area contributed by atoms with Gasteiger partial charge in [-0.15, -0.1) is 0 Å². The third kappa shape index (κ3) is 6.44. The highest BCUT2D eigenvalue weighted by Gasteiger charge is 2.19. The molecule has 2 aromatic rings. The third-order valence-electron chi connectivity index (χ3n) is 3.63. The number of carbonyl (C=O) groups is 2. The molecule has 7 heteroatoms. The molecule has 0 aromatic heterocycles. The molecule has 1 N–H and O–H groups in total. The van der Waals surface area contributed by atoms with Crippen LogP contribution >= 0.6 is 27.5 Å². The van der Waals surface area contributed by atoms with E-state index < -0.39 is 12.0 Å². The van der Waals surface area contributed by atoms with Crippen molar-refractivity contribution in [3.8, 4) is 0 Å². The number of amides is 1. The lowest BCUT2D eigenvalue weighted by atomic mass is 10.0. The van der Waals surface area contributed by atoms with Crippen molar-refractivity contribution >= 4 is 39.4 Å². The van der Waals surface area contributed by atoms with E-state index >= 15 is 0 Å². The molecule has 2 aromatic carbocycles. The first-order valence-electron chi connectivity index (χ1n) is 7.92. The van der Waals surface area contributed by atoms with Crippen LogP contribution in [0.2, 0.25) is 5.02 Å². The molecule has 0 saturated heterocycles. The lowest BCUT2D eigenvalue weighted by Gasteiger charge is -2.18. The predicted octanol–water partition coefficient (Wildman–Crippen LogP) is 4.04. The topological polar surface area (TPSA) is 64.6 Å². The van der Waals surface area contributed by atoms with Gasteiger partial charge in [-0.05, 0) is 29.3 Å². The Labute approximate surface area is 165 Å². The van der Waals surface area contributed by atoms with E-state index in [0.717, 1.165) is 15.6 Å². The lowest BCUT2D eigenvalue weighted by Crippen LogP contribution is -2.33. The molecule has 1 unspecified atom stereocenters. The van der Waals surface area contributed by atoms with E-state index in [1.807, 2.05) is 42.5 Å². The summed E-state index contributed by atoms with van der Waals surface area (Å²) in [6.07, 6.45) is 0.0310. The van der Waals surface area contributed by atoms with Gasteiger partial charge in [-0.3, -0.25) is 9.59 Å². The molecule has 0 aliphatic rings. The van der Waals surface area contributed by atoms with E-state index in [2.05, 4.69) is 21.2 Å². The lowest BCUT2D eigenvalue weighted by molar-refractivity contribution is -0.141. The normalized spacial score (nSPS) is 11.7. The molecule has 0 fully saturated rings. The van der Waals surface area contributed by atoms with E-state index in [1.165, 1.54) is 7.11 Å². The Kier molecular flexibility index (Phi) is 8.09. The molecule has 0 aliphatic heterocycles. The summed E-state index contributed by atoms with van der Waals surface area (Å²) in [7, 11) is 1.31. The monoisotopic (exact) mass is 439 g/mol. The molecule has 1 atom stereocenters.